The number of benzene rings is 1. The molecule has 1 N–H and O–H groups in total. The molecule has 1 unspecified atom stereocenters. The lowest BCUT2D eigenvalue weighted by atomic mass is 9.71. The molecule has 4 rings (SSSR count). The fourth-order valence-corrected chi connectivity index (χ4v) is 4.41. The Labute approximate surface area is 170 Å². The number of nitrogens with zero attached hydrogens (tertiary/aromatic N) is 2. The highest BCUT2D eigenvalue weighted by atomic mass is 16.6. The lowest BCUT2D eigenvalue weighted by Crippen LogP contribution is -2.64. The first-order chi connectivity index (χ1) is 13.7. The second kappa shape index (κ2) is 7.02. The number of ether oxygens (including phenoxy) is 2. The summed E-state index contributed by atoms with van der Waals surface area (Å²) in [6.45, 7) is 7.61. The molecule has 29 heavy (non-hydrogen) atoms. The molecule has 0 radical (unpaired) electrons. The third kappa shape index (κ3) is 3.57. The van der Waals surface area contributed by atoms with Gasteiger partial charge in [0, 0.05) is 31.6 Å². The summed E-state index contributed by atoms with van der Waals surface area (Å²) >= 11 is 0. The average Bonchev–Trinajstić information content (AvgIpc) is 3.23. The van der Waals surface area contributed by atoms with Crippen LogP contribution in [0.2, 0.25) is 0 Å². The summed E-state index contributed by atoms with van der Waals surface area (Å²) < 4.78 is 10.6. The molecule has 156 valence electrons. The van der Waals surface area contributed by atoms with E-state index in [1.165, 1.54) is 4.90 Å². The van der Waals surface area contributed by atoms with E-state index in [-0.39, 0.29) is 24.0 Å². The fraction of sp³-hybridized carbons (Fsp3) is 0.571. The van der Waals surface area contributed by atoms with Crippen molar-refractivity contribution in [3.63, 3.8) is 0 Å². The van der Waals surface area contributed by atoms with Crippen LogP contribution in [0.25, 0.3) is 0 Å². The lowest BCUT2D eigenvalue weighted by Gasteiger charge is -2.50. The minimum atomic E-state index is -0.603. The van der Waals surface area contributed by atoms with Gasteiger partial charge in [0.15, 0.2) is 0 Å². The number of carbonyl (C=O) groups excluding carboxylic acids is 3. The smallest absolute Gasteiger partial charge is 0.417 e. The Morgan fingerprint density at radius 3 is 2.55 bits per heavy atom. The third-order valence-electron chi connectivity index (χ3n) is 5.82. The maximum atomic E-state index is 13.4. The Kier molecular flexibility index (Phi) is 4.77. The SMILES string of the molecule is CC(C)(C)OC(=O)N1CC2(CNC[C@H]2C(=O)N2C(=O)OCC2c2ccccc2)C1. The largest absolute Gasteiger partial charge is 0.446 e. The Morgan fingerprint density at radius 2 is 1.90 bits per heavy atom. The molecule has 3 aliphatic heterocycles. The molecule has 1 spiro atoms. The molecule has 8 heteroatoms. The van der Waals surface area contributed by atoms with Gasteiger partial charge in [-0.1, -0.05) is 30.3 Å². The van der Waals surface area contributed by atoms with Gasteiger partial charge >= 0.3 is 12.2 Å². The zero-order valence-electron chi connectivity index (χ0n) is 17.0. The number of amides is 3. The van der Waals surface area contributed by atoms with Gasteiger partial charge in [-0.15, -0.1) is 0 Å². The standard InChI is InChI=1S/C21H27N3O5/c1-20(2,3)29-18(26)23-12-21(13-23)11-22-9-15(21)17(25)24-16(10-28-19(24)27)14-7-5-4-6-8-14/h4-8,15-16,22H,9-13H2,1-3H3/t15-,16?/m0/s1. The zero-order chi connectivity index (χ0) is 20.8. The molecule has 0 aromatic heterocycles. The van der Waals surface area contributed by atoms with Gasteiger partial charge in [-0.3, -0.25) is 4.79 Å². The molecule has 8 nitrogen and oxygen atoms in total. The van der Waals surface area contributed by atoms with Crippen LogP contribution in [0.3, 0.4) is 0 Å². The van der Waals surface area contributed by atoms with Crippen LogP contribution in [0.5, 0.6) is 0 Å². The maximum Gasteiger partial charge on any atom is 0.417 e. The van der Waals surface area contributed by atoms with E-state index < -0.39 is 23.7 Å². The maximum absolute atomic E-state index is 13.4. The topological polar surface area (TPSA) is 88.2 Å². The zero-order valence-corrected chi connectivity index (χ0v) is 17.0. The first kappa shape index (κ1) is 19.7. The van der Waals surface area contributed by atoms with Gasteiger partial charge in [0.25, 0.3) is 0 Å². The fourth-order valence-electron chi connectivity index (χ4n) is 4.41. The van der Waals surface area contributed by atoms with E-state index in [0.29, 0.717) is 26.2 Å². The van der Waals surface area contributed by atoms with Gasteiger partial charge in [-0.25, -0.2) is 14.5 Å². The minimum Gasteiger partial charge on any atom is -0.446 e. The highest BCUT2D eigenvalue weighted by Crippen LogP contribution is 2.43. The van der Waals surface area contributed by atoms with Crippen molar-refractivity contribution in [2.24, 2.45) is 11.3 Å². The first-order valence-electron chi connectivity index (χ1n) is 9.94. The van der Waals surface area contributed by atoms with Gasteiger partial charge in [0.1, 0.15) is 18.2 Å². The number of nitrogens with one attached hydrogen (secondary N) is 1. The summed E-state index contributed by atoms with van der Waals surface area (Å²) in [5.41, 5.74) is -0.0702. The summed E-state index contributed by atoms with van der Waals surface area (Å²) in [5, 5.41) is 3.27. The van der Waals surface area contributed by atoms with Crippen LogP contribution in [0, 0.1) is 11.3 Å². The number of rotatable bonds is 2. The van der Waals surface area contributed by atoms with E-state index in [9.17, 15) is 14.4 Å². The molecule has 3 amide bonds. The van der Waals surface area contributed by atoms with Crippen molar-refractivity contribution >= 4 is 18.1 Å². The highest BCUT2D eigenvalue weighted by Gasteiger charge is 2.58. The quantitative estimate of drug-likeness (QED) is 0.817. The van der Waals surface area contributed by atoms with Crippen LogP contribution in [0.15, 0.2) is 30.3 Å². The van der Waals surface area contributed by atoms with Crippen molar-refractivity contribution in [3.8, 4) is 0 Å². The number of imide groups is 1. The average molecular weight is 401 g/mol. The molecule has 0 saturated carbocycles. The third-order valence-corrected chi connectivity index (χ3v) is 5.82. The number of hydrogen-bond acceptors (Lipinski definition) is 6. The van der Waals surface area contributed by atoms with Gasteiger partial charge in [-0.2, -0.15) is 0 Å². The van der Waals surface area contributed by atoms with E-state index in [1.807, 2.05) is 51.1 Å². The molecule has 3 heterocycles. The molecular weight excluding hydrogens is 374 g/mol. The molecule has 0 aliphatic carbocycles. The van der Waals surface area contributed by atoms with Gasteiger partial charge in [0.2, 0.25) is 5.91 Å². The molecule has 1 aromatic rings. The minimum absolute atomic E-state index is 0.159. The molecule has 3 aliphatic rings. The predicted molar refractivity (Wildman–Crippen MR) is 104 cm³/mol. The summed E-state index contributed by atoms with van der Waals surface area (Å²) in [7, 11) is 0. The van der Waals surface area contributed by atoms with Crippen molar-refractivity contribution in [2.45, 2.75) is 32.4 Å². The van der Waals surface area contributed by atoms with Gasteiger partial charge in [0.05, 0.1) is 5.92 Å². The normalized spacial score (nSPS) is 25.7. The van der Waals surface area contributed by atoms with Crippen LogP contribution in [0.1, 0.15) is 32.4 Å². The van der Waals surface area contributed by atoms with E-state index >= 15 is 0 Å². The molecule has 2 atom stereocenters. The molecule has 3 fully saturated rings. The second-order valence-corrected chi connectivity index (χ2v) is 9.09. The van der Waals surface area contributed by atoms with Crippen LogP contribution in [0.4, 0.5) is 9.59 Å². The molecule has 0 bridgehead atoms. The van der Waals surface area contributed by atoms with Crippen LogP contribution in [-0.2, 0) is 14.3 Å². The van der Waals surface area contributed by atoms with E-state index in [2.05, 4.69) is 5.32 Å². The molecular formula is C21H27N3O5. The number of carbonyl (C=O) groups is 3. The van der Waals surface area contributed by atoms with E-state index in [4.69, 9.17) is 9.47 Å². The monoisotopic (exact) mass is 401 g/mol. The predicted octanol–water partition coefficient (Wildman–Crippen LogP) is 2.16. The number of hydrogen-bond donors (Lipinski definition) is 1. The van der Waals surface area contributed by atoms with Gasteiger partial charge in [-0.05, 0) is 26.3 Å². The van der Waals surface area contributed by atoms with E-state index in [1.54, 1.807) is 4.90 Å². The number of cyclic esters (lactones) is 1. The van der Waals surface area contributed by atoms with Crippen molar-refractivity contribution in [2.75, 3.05) is 32.8 Å². The van der Waals surface area contributed by atoms with Crippen molar-refractivity contribution in [1.82, 2.24) is 15.1 Å². The number of likely N-dealkylation sites (tertiary alicyclic amines) is 1. The van der Waals surface area contributed by atoms with Crippen molar-refractivity contribution in [3.05, 3.63) is 35.9 Å². The Bertz CT molecular complexity index is 813. The second-order valence-electron chi connectivity index (χ2n) is 9.09. The first-order valence-corrected chi connectivity index (χ1v) is 9.94. The summed E-state index contributed by atoms with van der Waals surface area (Å²) in [6, 6.07) is 9.01. The lowest BCUT2D eigenvalue weighted by molar-refractivity contribution is -0.141. The summed E-state index contributed by atoms with van der Waals surface area (Å²) in [5.74, 6) is -0.631. The van der Waals surface area contributed by atoms with Crippen LogP contribution in [-0.4, -0.2) is 66.3 Å². The molecule has 3 saturated heterocycles. The Hall–Kier alpha value is -2.61. The Morgan fingerprint density at radius 1 is 1.21 bits per heavy atom. The van der Waals surface area contributed by atoms with Crippen LogP contribution >= 0.6 is 0 Å². The summed E-state index contributed by atoms with van der Waals surface area (Å²) in [6.07, 6.45) is -0.974. The van der Waals surface area contributed by atoms with Crippen molar-refractivity contribution in [1.29, 1.82) is 0 Å². The highest BCUT2D eigenvalue weighted by molar-refractivity contribution is 5.96. The Balaban J connectivity index is 1.48. The van der Waals surface area contributed by atoms with Gasteiger partial charge < -0.3 is 19.7 Å². The van der Waals surface area contributed by atoms with Crippen LogP contribution < -0.4 is 5.32 Å². The van der Waals surface area contributed by atoms with E-state index in [0.717, 1.165) is 5.56 Å². The molecule has 1 aromatic carbocycles. The van der Waals surface area contributed by atoms with Crippen molar-refractivity contribution < 1.29 is 23.9 Å². The summed E-state index contributed by atoms with van der Waals surface area (Å²) in [4.78, 5) is 41.0.